The molecule has 0 bridgehead atoms. The number of hydrogen-bond donors (Lipinski definition) is 1. The highest BCUT2D eigenvalue weighted by Gasteiger charge is 2.21. The van der Waals surface area contributed by atoms with E-state index < -0.39 is 0 Å². The fourth-order valence-corrected chi connectivity index (χ4v) is 2.39. The molecule has 0 radical (unpaired) electrons. The summed E-state index contributed by atoms with van der Waals surface area (Å²) in [5, 5.41) is 2.90. The van der Waals surface area contributed by atoms with E-state index in [4.69, 9.17) is 0 Å². The molecule has 2 rings (SSSR count). The first kappa shape index (κ1) is 19.1. The van der Waals surface area contributed by atoms with Crippen LogP contribution >= 0.6 is 12.4 Å². The van der Waals surface area contributed by atoms with Gasteiger partial charge in [-0.1, -0.05) is 42.5 Å². The summed E-state index contributed by atoms with van der Waals surface area (Å²) in [6, 6.07) is 16.1. The Morgan fingerprint density at radius 1 is 1.13 bits per heavy atom. The van der Waals surface area contributed by atoms with Gasteiger partial charge in [0.05, 0.1) is 12.6 Å². The quantitative estimate of drug-likeness (QED) is 0.874. The molecule has 0 aliphatic heterocycles. The Morgan fingerprint density at radius 3 is 2.30 bits per heavy atom. The topological polar surface area (TPSA) is 32.3 Å². The average Bonchev–Trinajstić information content (AvgIpc) is 2.54. The Hall–Kier alpha value is -1.91. The summed E-state index contributed by atoms with van der Waals surface area (Å²) in [6.07, 6.45) is 0. The number of carbonyl (C=O) groups excluding carboxylic acids is 1. The normalized spacial score (nSPS) is 11.4. The van der Waals surface area contributed by atoms with Gasteiger partial charge in [-0.15, -0.1) is 12.4 Å². The van der Waals surface area contributed by atoms with Crippen LogP contribution in [-0.4, -0.2) is 24.4 Å². The fraction of sp³-hybridized carbons (Fsp3) is 0.278. The van der Waals surface area contributed by atoms with Crippen LogP contribution in [-0.2, 0) is 11.3 Å². The first-order chi connectivity index (χ1) is 10.6. The fourth-order valence-electron chi connectivity index (χ4n) is 2.39. The Bertz CT molecular complexity index is 604. The lowest BCUT2D eigenvalue weighted by Crippen LogP contribution is -2.38. The van der Waals surface area contributed by atoms with Gasteiger partial charge >= 0.3 is 0 Å². The van der Waals surface area contributed by atoms with E-state index in [1.54, 1.807) is 24.1 Å². The second-order valence-electron chi connectivity index (χ2n) is 5.27. The Kier molecular flexibility index (Phi) is 7.72. The molecule has 0 aliphatic rings. The number of carbonyl (C=O) groups is 1. The highest BCUT2D eigenvalue weighted by Crippen LogP contribution is 2.22. The molecule has 0 heterocycles. The number of rotatable bonds is 6. The van der Waals surface area contributed by atoms with Gasteiger partial charge in [0, 0.05) is 6.54 Å². The van der Waals surface area contributed by atoms with E-state index in [1.165, 1.54) is 12.1 Å². The predicted octanol–water partition coefficient (Wildman–Crippen LogP) is 3.56. The van der Waals surface area contributed by atoms with Gasteiger partial charge in [-0.05, 0) is 37.2 Å². The lowest BCUT2D eigenvalue weighted by atomic mass is 10.1. The molecule has 5 heteroatoms. The molecule has 23 heavy (non-hydrogen) atoms. The number of hydrogen-bond acceptors (Lipinski definition) is 2. The SMILES string of the molecule is CNCC(=O)N(Cc1ccc(F)cc1)C(C)c1ccccc1.Cl. The molecule has 0 aliphatic carbocycles. The molecule has 1 atom stereocenters. The van der Waals surface area contributed by atoms with Crippen LogP contribution in [0, 0.1) is 5.82 Å². The van der Waals surface area contributed by atoms with E-state index in [0.29, 0.717) is 6.54 Å². The zero-order valence-corrected chi connectivity index (χ0v) is 14.1. The van der Waals surface area contributed by atoms with Crippen molar-refractivity contribution in [2.24, 2.45) is 0 Å². The highest BCUT2D eigenvalue weighted by molar-refractivity contribution is 5.85. The monoisotopic (exact) mass is 336 g/mol. The average molecular weight is 337 g/mol. The summed E-state index contributed by atoms with van der Waals surface area (Å²) < 4.78 is 13.0. The van der Waals surface area contributed by atoms with Crippen molar-refractivity contribution in [3.8, 4) is 0 Å². The van der Waals surface area contributed by atoms with Crippen LogP contribution < -0.4 is 5.32 Å². The molecule has 0 aromatic heterocycles. The van der Waals surface area contributed by atoms with E-state index in [0.717, 1.165) is 11.1 Å². The van der Waals surface area contributed by atoms with E-state index >= 15 is 0 Å². The van der Waals surface area contributed by atoms with Crippen molar-refractivity contribution in [2.75, 3.05) is 13.6 Å². The second-order valence-corrected chi connectivity index (χ2v) is 5.27. The summed E-state index contributed by atoms with van der Waals surface area (Å²) >= 11 is 0. The molecule has 1 amide bonds. The first-order valence-electron chi connectivity index (χ1n) is 7.35. The minimum atomic E-state index is -0.270. The van der Waals surface area contributed by atoms with Gasteiger partial charge in [-0.3, -0.25) is 4.79 Å². The maximum Gasteiger partial charge on any atom is 0.237 e. The van der Waals surface area contributed by atoms with Crippen molar-refractivity contribution in [2.45, 2.75) is 19.5 Å². The molecule has 2 aromatic carbocycles. The molecule has 0 fully saturated rings. The van der Waals surface area contributed by atoms with Crippen molar-refractivity contribution in [1.29, 1.82) is 0 Å². The van der Waals surface area contributed by atoms with Gasteiger partial charge < -0.3 is 10.2 Å². The number of halogens is 2. The van der Waals surface area contributed by atoms with Crippen molar-refractivity contribution in [3.63, 3.8) is 0 Å². The van der Waals surface area contributed by atoms with E-state index in [1.807, 2.05) is 37.3 Å². The number of likely N-dealkylation sites (N-methyl/N-ethyl adjacent to an activating group) is 1. The molecule has 1 N–H and O–H groups in total. The molecular weight excluding hydrogens is 315 g/mol. The van der Waals surface area contributed by atoms with Gasteiger partial charge in [0.1, 0.15) is 5.82 Å². The standard InChI is InChI=1S/C18H21FN2O.ClH/c1-14(16-6-4-3-5-7-16)21(18(22)12-20-2)13-15-8-10-17(19)11-9-15;/h3-11,14,20H,12-13H2,1-2H3;1H. The van der Waals surface area contributed by atoms with Crippen LogP contribution in [0.5, 0.6) is 0 Å². The number of amides is 1. The van der Waals surface area contributed by atoms with Gasteiger partial charge in [0.15, 0.2) is 0 Å². The molecular formula is C18H22ClFN2O. The summed E-state index contributed by atoms with van der Waals surface area (Å²) in [6.45, 7) is 2.74. The van der Waals surface area contributed by atoms with Gasteiger partial charge in [-0.25, -0.2) is 4.39 Å². The van der Waals surface area contributed by atoms with Crippen LogP contribution in [0.15, 0.2) is 54.6 Å². The third-order valence-electron chi connectivity index (χ3n) is 3.66. The number of benzene rings is 2. The third kappa shape index (κ3) is 5.34. The van der Waals surface area contributed by atoms with Crippen LogP contribution in [0.2, 0.25) is 0 Å². The summed E-state index contributed by atoms with van der Waals surface area (Å²) in [5.41, 5.74) is 1.99. The summed E-state index contributed by atoms with van der Waals surface area (Å²) in [5.74, 6) is -0.254. The summed E-state index contributed by atoms with van der Waals surface area (Å²) in [4.78, 5) is 14.2. The minimum absolute atomic E-state index is 0. The van der Waals surface area contributed by atoms with Crippen molar-refractivity contribution >= 4 is 18.3 Å². The molecule has 0 saturated carbocycles. The van der Waals surface area contributed by atoms with Crippen molar-refractivity contribution in [3.05, 3.63) is 71.5 Å². The van der Waals surface area contributed by atoms with Crippen LogP contribution in [0.25, 0.3) is 0 Å². The van der Waals surface area contributed by atoms with Crippen molar-refractivity contribution < 1.29 is 9.18 Å². The Balaban J connectivity index is 0.00000264. The Morgan fingerprint density at radius 2 is 1.74 bits per heavy atom. The van der Waals surface area contributed by atoms with Crippen LogP contribution in [0.4, 0.5) is 4.39 Å². The molecule has 0 spiro atoms. The Labute approximate surface area is 142 Å². The molecule has 3 nitrogen and oxygen atoms in total. The lowest BCUT2D eigenvalue weighted by molar-refractivity contribution is -0.133. The van der Waals surface area contributed by atoms with Gasteiger partial charge in [-0.2, -0.15) is 0 Å². The van der Waals surface area contributed by atoms with E-state index in [9.17, 15) is 9.18 Å². The van der Waals surface area contributed by atoms with Gasteiger partial charge in [0.25, 0.3) is 0 Å². The number of nitrogens with one attached hydrogen (secondary N) is 1. The predicted molar refractivity (Wildman–Crippen MR) is 93.0 cm³/mol. The number of nitrogens with zero attached hydrogens (tertiary/aromatic N) is 1. The maximum absolute atomic E-state index is 13.0. The molecule has 1 unspecified atom stereocenters. The zero-order valence-electron chi connectivity index (χ0n) is 13.3. The van der Waals surface area contributed by atoms with Crippen LogP contribution in [0.3, 0.4) is 0 Å². The molecule has 2 aromatic rings. The third-order valence-corrected chi connectivity index (χ3v) is 3.66. The highest BCUT2D eigenvalue weighted by atomic mass is 35.5. The second kappa shape index (κ2) is 9.28. The minimum Gasteiger partial charge on any atom is -0.331 e. The molecule has 0 saturated heterocycles. The lowest BCUT2D eigenvalue weighted by Gasteiger charge is -2.30. The summed E-state index contributed by atoms with van der Waals surface area (Å²) in [7, 11) is 1.75. The van der Waals surface area contributed by atoms with E-state index in [2.05, 4.69) is 5.32 Å². The van der Waals surface area contributed by atoms with Gasteiger partial charge in [0.2, 0.25) is 5.91 Å². The largest absolute Gasteiger partial charge is 0.331 e. The first-order valence-corrected chi connectivity index (χ1v) is 7.35. The van der Waals surface area contributed by atoms with E-state index in [-0.39, 0.29) is 36.7 Å². The zero-order chi connectivity index (χ0) is 15.9. The molecule has 124 valence electrons. The van der Waals surface area contributed by atoms with Crippen LogP contribution in [0.1, 0.15) is 24.1 Å². The smallest absolute Gasteiger partial charge is 0.237 e. The maximum atomic E-state index is 13.0. The van der Waals surface area contributed by atoms with Crippen molar-refractivity contribution in [1.82, 2.24) is 10.2 Å².